The second-order valence-corrected chi connectivity index (χ2v) is 3.86. The highest BCUT2D eigenvalue weighted by atomic mass is 32.2. The summed E-state index contributed by atoms with van der Waals surface area (Å²) in [6, 6.07) is 0. The molecule has 0 amide bonds. The van der Waals surface area contributed by atoms with Gasteiger partial charge in [-0.05, 0) is 6.08 Å². The molecule has 13 heavy (non-hydrogen) atoms. The minimum Gasteiger partial charge on any atom is -0.389 e. The lowest BCUT2D eigenvalue weighted by molar-refractivity contribution is -0.126. The van der Waals surface area contributed by atoms with Crippen molar-refractivity contribution < 1.29 is 28.0 Å². The molecule has 0 rings (SSSR count). The predicted molar refractivity (Wildman–Crippen MR) is 43.6 cm³/mol. The van der Waals surface area contributed by atoms with Crippen molar-refractivity contribution in [1.29, 1.82) is 0 Å². The average Bonchev–Trinajstić information content (AvgIpc) is 1.98. The third kappa shape index (κ3) is 4.73. The van der Waals surface area contributed by atoms with Crippen LogP contribution < -0.4 is 0 Å². The van der Waals surface area contributed by atoms with E-state index in [9.17, 15) is 13.2 Å². The number of rotatable bonds is 5. The quantitative estimate of drug-likeness (QED) is 0.370. The molecule has 0 bridgehead atoms. The first-order chi connectivity index (χ1) is 5.78. The largest absolute Gasteiger partial charge is 0.389 e. The average molecular weight is 210 g/mol. The lowest BCUT2D eigenvalue weighted by Crippen LogP contribution is -2.37. The van der Waals surface area contributed by atoms with E-state index in [1.807, 2.05) is 0 Å². The van der Waals surface area contributed by atoms with Crippen molar-refractivity contribution in [3.8, 4) is 0 Å². The Balaban J connectivity index is 4.36. The molecule has 7 heteroatoms. The minimum atomic E-state index is -4.41. The first-order valence-electron chi connectivity index (χ1n) is 3.25. The van der Waals surface area contributed by atoms with Gasteiger partial charge in [-0.3, -0.25) is 9.35 Å². The van der Waals surface area contributed by atoms with Crippen LogP contribution in [0.1, 0.15) is 0 Å². The number of carbonyl (C=O) groups is 1. The van der Waals surface area contributed by atoms with E-state index in [2.05, 4.69) is 6.58 Å². The van der Waals surface area contributed by atoms with Gasteiger partial charge in [-0.2, -0.15) is 8.42 Å². The highest BCUT2D eigenvalue weighted by Crippen LogP contribution is 1.99. The molecule has 0 saturated heterocycles. The summed E-state index contributed by atoms with van der Waals surface area (Å²) in [7, 11) is -4.41. The minimum absolute atomic E-state index is 0.748. The predicted octanol–water partition coefficient (Wildman–Crippen LogP) is -1.65. The molecule has 3 N–H and O–H groups in total. The first kappa shape index (κ1) is 12.2. The molecule has 0 aromatic carbocycles. The summed E-state index contributed by atoms with van der Waals surface area (Å²) < 4.78 is 28.7. The molecule has 0 aliphatic carbocycles. The van der Waals surface area contributed by atoms with E-state index >= 15 is 0 Å². The third-order valence-electron chi connectivity index (χ3n) is 1.24. The van der Waals surface area contributed by atoms with Crippen molar-refractivity contribution in [3.63, 3.8) is 0 Å². The Morgan fingerprint density at radius 1 is 1.46 bits per heavy atom. The SMILES string of the molecule is C=CC(=O)C(O)C(O)CS(=O)(=O)O. The van der Waals surface area contributed by atoms with Crippen molar-refractivity contribution in [1.82, 2.24) is 0 Å². The first-order valence-corrected chi connectivity index (χ1v) is 4.86. The van der Waals surface area contributed by atoms with Crippen LogP contribution in [0.3, 0.4) is 0 Å². The smallest absolute Gasteiger partial charge is 0.267 e. The van der Waals surface area contributed by atoms with Gasteiger partial charge in [0.2, 0.25) is 0 Å². The van der Waals surface area contributed by atoms with Gasteiger partial charge in [0.15, 0.2) is 5.78 Å². The highest BCUT2D eigenvalue weighted by Gasteiger charge is 2.26. The molecule has 0 aromatic rings. The van der Waals surface area contributed by atoms with Crippen molar-refractivity contribution >= 4 is 15.9 Å². The standard InChI is InChI=1S/C6H10O6S/c1-2-4(7)6(9)5(8)3-13(10,11)12/h2,5-6,8-9H,1,3H2,(H,10,11,12). The second kappa shape index (κ2) is 4.47. The summed E-state index contributed by atoms with van der Waals surface area (Å²) in [5.41, 5.74) is 0. The van der Waals surface area contributed by atoms with Crippen LogP contribution in [-0.4, -0.2) is 46.9 Å². The van der Waals surface area contributed by atoms with Crippen LogP contribution in [0, 0.1) is 0 Å². The fourth-order valence-electron chi connectivity index (χ4n) is 0.617. The highest BCUT2D eigenvalue weighted by molar-refractivity contribution is 7.85. The van der Waals surface area contributed by atoms with Gasteiger partial charge in [0.1, 0.15) is 18.0 Å². The Kier molecular flexibility index (Phi) is 4.21. The fraction of sp³-hybridized carbons (Fsp3) is 0.500. The Morgan fingerprint density at radius 3 is 2.23 bits per heavy atom. The van der Waals surface area contributed by atoms with E-state index in [4.69, 9.17) is 14.8 Å². The molecular weight excluding hydrogens is 200 g/mol. The van der Waals surface area contributed by atoms with E-state index < -0.39 is 33.9 Å². The van der Waals surface area contributed by atoms with Crippen LogP contribution in [0.15, 0.2) is 12.7 Å². The zero-order chi connectivity index (χ0) is 10.6. The van der Waals surface area contributed by atoms with Gasteiger partial charge < -0.3 is 10.2 Å². The van der Waals surface area contributed by atoms with E-state index in [-0.39, 0.29) is 0 Å². The summed E-state index contributed by atoms with van der Waals surface area (Å²) in [4.78, 5) is 10.6. The van der Waals surface area contributed by atoms with E-state index in [1.54, 1.807) is 0 Å². The summed E-state index contributed by atoms with van der Waals surface area (Å²) in [6.07, 6.45) is -2.97. The van der Waals surface area contributed by atoms with Gasteiger partial charge in [0.25, 0.3) is 10.1 Å². The Morgan fingerprint density at radius 2 is 1.92 bits per heavy atom. The third-order valence-corrected chi connectivity index (χ3v) is 2.00. The maximum Gasteiger partial charge on any atom is 0.267 e. The molecule has 2 unspecified atom stereocenters. The van der Waals surface area contributed by atoms with Gasteiger partial charge in [0, 0.05) is 0 Å². The van der Waals surface area contributed by atoms with E-state index in [0.29, 0.717) is 0 Å². The molecule has 0 aromatic heterocycles. The molecular formula is C6H10O6S. The van der Waals surface area contributed by atoms with Gasteiger partial charge in [-0.25, -0.2) is 0 Å². The maximum atomic E-state index is 10.6. The second-order valence-electron chi connectivity index (χ2n) is 2.37. The van der Waals surface area contributed by atoms with Crippen LogP contribution in [-0.2, 0) is 14.9 Å². The number of carbonyl (C=O) groups excluding carboxylic acids is 1. The number of aliphatic hydroxyl groups is 2. The summed E-state index contributed by atoms with van der Waals surface area (Å²) >= 11 is 0. The number of hydrogen-bond donors (Lipinski definition) is 3. The lowest BCUT2D eigenvalue weighted by Gasteiger charge is -2.12. The lowest BCUT2D eigenvalue weighted by atomic mass is 10.1. The van der Waals surface area contributed by atoms with Crippen LogP contribution >= 0.6 is 0 Å². The zero-order valence-electron chi connectivity index (χ0n) is 6.62. The number of ketones is 1. The van der Waals surface area contributed by atoms with Gasteiger partial charge in [0.05, 0.1) is 0 Å². The van der Waals surface area contributed by atoms with Crippen LogP contribution in [0.25, 0.3) is 0 Å². The topological polar surface area (TPSA) is 112 Å². The van der Waals surface area contributed by atoms with Gasteiger partial charge >= 0.3 is 0 Å². The normalized spacial score (nSPS) is 16.2. The van der Waals surface area contributed by atoms with Crippen LogP contribution in [0.2, 0.25) is 0 Å². The van der Waals surface area contributed by atoms with E-state index in [0.717, 1.165) is 6.08 Å². The Bertz CT molecular complexity index is 292. The Hall–Kier alpha value is -0.760. The molecule has 0 aliphatic rings. The zero-order valence-corrected chi connectivity index (χ0v) is 7.44. The molecule has 6 nitrogen and oxygen atoms in total. The number of hydrogen-bond acceptors (Lipinski definition) is 5. The van der Waals surface area contributed by atoms with Crippen molar-refractivity contribution in [2.24, 2.45) is 0 Å². The van der Waals surface area contributed by atoms with Crippen molar-refractivity contribution in [3.05, 3.63) is 12.7 Å². The monoisotopic (exact) mass is 210 g/mol. The van der Waals surface area contributed by atoms with Crippen LogP contribution in [0.5, 0.6) is 0 Å². The molecule has 2 atom stereocenters. The molecule has 0 fully saturated rings. The van der Waals surface area contributed by atoms with Gasteiger partial charge in [-0.15, -0.1) is 0 Å². The Labute approximate surface area is 75.3 Å². The molecule has 0 heterocycles. The molecule has 76 valence electrons. The van der Waals surface area contributed by atoms with Crippen molar-refractivity contribution in [2.45, 2.75) is 12.2 Å². The number of aliphatic hydroxyl groups excluding tert-OH is 2. The maximum absolute atomic E-state index is 10.6. The summed E-state index contributed by atoms with van der Waals surface area (Å²) in [5.74, 6) is -2.00. The molecule has 0 spiro atoms. The fourth-order valence-corrected chi connectivity index (χ4v) is 1.23. The summed E-state index contributed by atoms with van der Waals surface area (Å²) in [6.45, 7) is 3.03. The van der Waals surface area contributed by atoms with E-state index in [1.165, 1.54) is 0 Å². The molecule has 0 saturated carbocycles. The molecule has 0 aliphatic heterocycles. The summed E-state index contributed by atoms with van der Waals surface area (Å²) in [5, 5.41) is 17.8. The molecule has 0 radical (unpaired) electrons. The van der Waals surface area contributed by atoms with Gasteiger partial charge in [-0.1, -0.05) is 6.58 Å². The van der Waals surface area contributed by atoms with Crippen LogP contribution in [0.4, 0.5) is 0 Å². The van der Waals surface area contributed by atoms with Crippen molar-refractivity contribution in [2.75, 3.05) is 5.75 Å².